The minimum atomic E-state index is -0.807. The normalized spacial score (nSPS) is 29.8. The van der Waals surface area contributed by atoms with E-state index in [1.807, 2.05) is 0 Å². The topological polar surface area (TPSA) is 121 Å². The minimum absolute atomic E-state index is 0.0223. The first-order valence-corrected chi connectivity index (χ1v) is 5.06. The second-order valence-corrected chi connectivity index (χ2v) is 3.49. The van der Waals surface area contributed by atoms with Crippen LogP contribution >= 0.6 is 0 Å². The van der Waals surface area contributed by atoms with Crippen LogP contribution in [0.2, 0.25) is 0 Å². The first-order chi connectivity index (χ1) is 8.12. The van der Waals surface area contributed by atoms with Gasteiger partial charge >= 0.3 is 0 Å². The number of nitrogens with zero attached hydrogens (tertiary/aromatic N) is 3. The van der Waals surface area contributed by atoms with Crippen molar-refractivity contribution in [2.75, 3.05) is 13.7 Å². The molecule has 0 bridgehead atoms. The molecule has 1 rings (SSSR count). The zero-order chi connectivity index (χ0) is 12.8. The molecular weight excluding hydrogens is 228 g/mol. The van der Waals surface area contributed by atoms with E-state index in [2.05, 4.69) is 9.98 Å². The van der Waals surface area contributed by atoms with Crippen LogP contribution in [0.4, 0.5) is 0 Å². The molecule has 0 saturated carbocycles. The largest absolute Gasteiger partial charge is 0.394 e. The Morgan fingerprint density at radius 2 is 2.41 bits per heavy atom. The molecule has 4 N–H and O–H groups in total. The molecule has 0 spiro atoms. The van der Waals surface area contributed by atoms with Crippen molar-refractivity contribution in [3.63, 3.8) is 0 Å². The lowest BCUT2D eigenvalue weighted by Gasteiger charge is -2.19. The van der Waals surface area contributed by atoms with E-state index >= 15 is 0 Å². The summed E-state index contributed by atoms with van der Waals surface area (Å²) in [5.74, 6) is 0.0223. The number of aliphatic imine (C=N–C) groups is 2. The van der Waals surface area contributed by atoms with E-state index in [1.54, 1.807) is 0 Å². The summed E-state index contributed by atoms with van der Waals surface area (Å²) in [6, 6.07) is 0. The molecule has 1 aliphatic rings. The van der Waals surface area contributed by atoms with Gasteiger partial charge in [0.2, 0.25) is 12.4 Å². The van der Waals surface area contributed by atoms with Gasteiger partial charge in [0.25, 0.3) is 0 Å². The highest BCUT2D eigenvalue weighted by Gasteiger charge is 2.36. The molecule has 3 atom stereocenters. The Labute approximate surface area is 98.4 Å². The number of aliphatic hydroxyl groups is 2. The Bertz CT molecular complexity index is 320. The lowest BCUT2D eigenvalue weighted by Crippen LogP contribution is -2.34. The van der Waals surface area contributed by atoms with Crippen molar-refractivity contribution >= 4 is 18.7 Å². The van der Waals surface area contributed by atoms with Crippen LogP contribution in [0.25, 0.3) is 0 Å². The Hall–Kier alpha value is -1.51. The lowest BCUT2D eigenvalue weighted by atomic mass is 10.2. The van der Waals surface area contributed by atoms with Crippen molar-refractivity contribution in [2.24, 2.45) is 15.7 Å². The molecule has 0 aromatic carbocycles. The molecule has 1 aliphatic heterocycles. The number of carbonyl (C=O) groups excluding carboxylic acids is 1. The summed E-state index contributed by atoms with van der Waals surface area (Å²) in [6.45, 7) is -0.305. The number of carbonyl (C=O) groups is 1. The van der Waals surface area contributed by atoms with Crippen LogP contribution in [0, 0.1) is 0 Å². The third kappa shape index (κ3) is 3.48. The predicted octanol–water partition coefficient (Wildman–Crippen LogP) is -2.11. The smallest absolute Gasteiger partial charge is 0.216 e. The summed E-state index contributed by atoms with van der Waals surface area (Å²) >= 11 is 0. The van der Waals surface area contributed by atoms with Gasteiger partial charge < -0.3 is 20.7 Å². The van der Waals surface area contributed by atoms with Gasteiger partial charge in [-0.2, -0.15) is 0 Å². The summed E-state index contributed by atoms with van der Waals surface area (Å²) in [5, 5.41) is 18.4. The molecule has 8 heteroatoms. The van der Waals surface area contributed by atoms with Gasteiger partial charge in [-0.1, -0.05) is 0 Å². The molecule has 3 unspecified atom stereocenters. The standard InChI is InChI=1S/C9H16N4O4/c1-11-9(10)12-4-13(5-15)8-2-6(16)7(3-14)17-8/h4-8,14,16H,2-3H2,1H3,(H2,10,11)/b12-4-. The number of rotatable bonds is 4. The van der Waals surface area contributed by atoms with Gasteiger partial charge in [0, 0.05) is 13.5 Å². The second-order valence-electron chi connectivity index (χ2n) is 3.49. The van der Waals surface area contributed by atoms with E-state index in [4.69, 9.17) is 15.6 Å². The number of hydrogen-bond donors (Lipinski definition) is 3. The number of ether oxygens (including phenoxy) is 1. The van der Waals surface area contributed by atoms with Gasteiger partial charge in [0.1, 0.15) is 18.7 Å². The third-order valence-corrected chi connectivity index (χ3v) is 2.39. The molecule has 1 fully saturated rings. The van der Waals surface area contributed by atoms with Crippen LogP contribution in [0.15, 0.2) is 9.98 Å². The molecule has 0 aliphatic carbocycles. The maximum absolute atomic E-state index is 10.8. The quantitative estimate of drug-likeness (QED) is 0.297. The molecule has 17 heavy (non-hydrogen) atoms. The van der Waals surface area contributed by atoms with Gasteiger partial charge in [-0.05, 0) is 0 Å². The van der Waals surface area contributed by atoms with Crippen LogP contribution in [0.3, 0.4) is 0 Å². The molecule has 96 valence electrons. The van der Waals surface area contributed by atoms with Crippen LogP contribution in [-0.4, -0.2) is 65.9 Å². The molecule has 0 aromatic heterocycles. The summed E-state index contributed by atoms with van der Waals surface area (Å²) in [5.41, 5.74) is 5.33. The fourth-order valence-electron chi connectivity index (χ4n) is 1.42. The summed E-state index contributed by atoms with van der Waals surface area (Å²) in [7, 11) is 1.47. The number of nitrogens with two attached hydrogens (primary N) is 1. The summed E-state index contributed by atoms with van der Waals surface area (Å²) in [4.78, 5) is 19.2. The Balaban J connectivity index is 2.64. The Morgan fingerprint density at radius 3 is 2.88 bits per heavy atom. The first kappa shape index (κ1) is 13.6. The monoisotopic (exact) mass is 244 g/mol. The highest BCUT2D eigenvalue weighted by molar-refractivity contribution is 5.88. The van der Waals surface area contributed by atoms with E-state index in [0.29, 0.717) is 6.41 Å². The van der Waals surface area contributed by atoms with Crippen molar-refractivity contribution in [3.05, 3.63) is 0 Å². The fraction of sp³-hybridized carbons (Fsp3) is 0.667. The molecule has 1 heterocycles. The SMILES string of the molecule is CN=C(N)/N=C\N(C=O)C1CC(O)C(CO)O1. The maximum atomic E-state index is 10.8. The van der Waals surface area contributed by atoms with Crippen LogP contribution in [0.5, 0.6) is 0 Å². The van der Waals surface area contributed by atoms with Crippen molar-refractivity contribution in [2.45, 2.75) is 24.9 Å². The zero-order valence-electron chi connectivity index (χ0n) is 9.43. The second kappa shape index (κ2) is 6.28. The average molecular weight is 244 g/mol. The van der Waals surface area contributed by atoms with E-state index in [9.17, 15) is 9.90 Å². The van der Waals surface area contributed by atoms with Gasteiger partial charge in [0.05, 0.1) is 12.7 Å². The molecule has 1 saturated heterocycles. The van der Waals surface area contributed by atoms with Crippen molar-refractivity contribution in [1.82, 2.24) is 4.90 Å². The zero-order valence-corrected chi connectivity index (χ0v) is 9.43. The summed E-state index contributed by atoms with van der Waals surface area (Å²) in [6.07, 6.45) is -0.269. The average Bonchev–Trinajstić information content (AvgIpc) is 2.71. The van der Waals surface area contributed by atoms with E-state index in [0.717, 1.165) is 4.90 Å². The predicted molar refractivity (Wildman–Crippen MR) is 60.3 cm³/mol. The van der Waals surface area contributed by atoms with Gasteiger partial charge in [0.15, 0.2) is 0 Å². The summed E-state index contributed by atoms with van der Waals surface area (Å²) < 4.78 is 5.26. The maximum Gasteiger partial charge on any atom is 0.216 e. The van der Waals surface area contributed by atoms with Crippen LogP contribution in [-0.2, 0) is 9.53 Å². The number of amides is 1. The number of aliphatic hydroxyl groups excluding tert-OH is 2. The third-order valence-electron chi connectivity index (χ3n) is 2.39. The Morgan fingerprint density at radius 1 is 1.71 bits per heavy atom. The molecule has 8 nitrogen and oxygen atoms in total. The van der Waals surface area contributed by atoms with Crippen LogP contribution in [0.1, 0.15) is 6.42 Å². The van der Waals surface area contributed by atoms with E-state index in [-0.39, 0.29) is 19.0 Å². The number of guanidine groups is 1. The highest BCUT2D eigenvalue weighted by Crippen LogP contribution is 2.21. The van der Waals surface area contributed by atoms with Crippen molar-refractivity contribution in [1.29, 1.82) is 0 Å². The van der Waals surface area contributed by atoms with Gasteiger partial charge in [-0.3, -0.25) is 14.7 Å². The van der Waals surface area contributed by atoms with Gasteiger partial charge in [-0.25, -0.2) is 4.99 Å². The van der Waals surface area contributed by atoms with Crippen LogP contribution < -0.4 is 5.73 Å². The minimum Gasteiger partial charge on any atom is -0.394 e. The molecule has 0 radical (unpaired) electrons. The van der Waals surface area contributed by atoms with Crippen molar-refractivity contribution in [3.8, 4) is 0 Å². The van der Waals surface area contributed by atoms with Crippen molar-refractivity contribution < 1.29 is 19.7 Å². The van der Waals surface area contributed by atoms with Gasteiger partial charge in [-0.15, -0.1) is 0 Å². The highest BCUT2D eigenvalue weighted by atomic mass is 16.5. The fourth-order valence-corrected chi connectivity index (χ4v) is 1.42. The molecule has 1 amide bonds. The molecular formula is C9H16N4O4. The lowest BCUT2D eigenvalue weighted by molar-refractivity contribution is -0.124. The van der Waals surface area contributed by atoms with E-state index < -0.39 is 18.4 Å². The Kier molecular flexibility index (Phi) is 5.01. The first-order valence-electron chi connectivity index (χ1n) is 5.06. The number of hydrogen-bond acceptors (Lipinski definition) is 5. The van der Waals surface area contributed by atoms with E-state index in [1.165, 1.54) is 13.4 Å². The molecule has 0 aromatic rings.